The smallest absolute Gasteiger partial charge is 0.296 e. The summed E-state index contributed by atoms with van der Waals surface area (Å²) in [5.74, 6) is -0.157. The molecule has 26 heavy (non-hydrogen) atoms. The first-order chi connectivity index (χ1) is 12.3. The predicted octanol–water partition coefficient (Wildman–Crippen LogP) is 4.58. The number of halogens is 2. The number of non-ortho nitro benzene ring substituents is 1. The fourth-order valence-corrected chi connectivity index (χ4v) is 2.81. The molecule has 0 saturated carbocycles. The second-order valence-corrected chi connectivity index (χ2v) is 6.34. The van der Waals surface area contributed by atoms with Crippen LogP contribution in [-0.4, -0.2) is 20.0 Å². The van der Waals surface area contributed by atoms with E-state index >= 15 is 0 Å². The zero-order chi connectivity index (χ0) is 19.0. The highest BCUT2D eigenvalue weighted by Crippen LogP contribution is 2.28. The number of benzene rings is 2. The lowest BCUT2D eigenvalue weighted by Gasteiger charge is -2.08. The number of nitrogens with one attached hydrogen (secondary N) is 1. The molecule has 0 bridgehead atoms. The Morgan fingerprint density at radius 1 is 1.19 bits per heavy atom. The SMILES string of the molecule is C/C(=C(/O)c1ccc(Cl)cc1)c1nc2cc(Cl)cc([N+](=O)[O-])c2[nH]c1=O. The van der Waals surface area contributed by atoms with Crippen molar-refractivity contribution in [3.63, 3.8) is 0 Å². The van der Waals surface area contributed by atoms with E-state index in [0.717, 1.165) is 6.07 Å². The number of aromatic nitrogens is 2. The first kappa shape index (κ1) is 17.9. The van der Waals surface area contributed by atoms with Gasteiger partial charge >= 0.3 is 0 Å². The summed E-state index contributed by atoms with van der Waals surface area (Å²) in [6.07, 6.45) is 0. The van der Waals surface area contributed by atoms with E-state index < -0.39 is 10.5 Å². The van der Waals surface area contributed by atoms with Crippen molar-refractivity contribution in [1.82, 2.24) is 9.97 Å². The number of nitro benzene ring substituents is 1. The van der Waals surface area contributed by atoms with E-state index in [4.69, 9.17) is 23.2 Å². The highest BCUT2D eigenvalue weighted by molar-refractivity contribution is 6.31. The van der Waals surface area contributed by atoms with Gasteiger partial charge in [0.15, 0.2) is 0 Å². The van der Waals surface area contributed by atoms with Gasteiger partial charge in [-0.15, -0.1) is 0 Å². The minimum Gasteiger partial charge on any atom is -0.507 e. The molecule has 0 unspecified atom stereocenters. The molecule has 0 fully saturated rings. The third kappa shape index (κ3) is 3.26. The van der Waals surface area contributed by atoms with E-state index in [9.17, 15) is 20.0 Å². The summed E-state index contributed by atoms with van der Waals surface area (Å²) in [6, 6.07) is 8.92. The summed E-state index contributed by atoms with van der Waals surface area (Å²) in [6.45, 7) is 1.52. The number of nitrogens with zero attached hydrogens (tertiary/aromatic N) is 2. The average molecular weight is 392 g/mol. The van der Waals surface area contributed by atoms with E-state index in [1.165, 1.54) is 13.0 Å². The lowest BCUT2D eigenvalue weighted by Crippen LogP contribution is -2.15. The Kier molecular flexibility index (Phi) is 4.67. The molecule has 2 aromatic carbocycles. The number of nitro groups is 1. The molecule has 7 nitrogen and oxygen atoms in total. The van der Waals surface area contributed by atoms with Crippen LogP contribution in [0.2, 0.25) is 10.0 Å². The topological polar surface area (TPSA) is 109 Å². The Balaban J connectivity index is 2.23. The van der Waals surface area contributed by atoms with Crippen LogP contribution >= 0.6 is 23.2 Å². The van der Waals surface area contributed by atoms with Crippen LogP contribution in [0.25, 0.3) is 22.4 Å². The summed E-state index contributed by atoms with van der Waals surface area (Å²) < 4.78 is 0. The van der Waals surface area contributed by atoms with Crippen LogP contribution in [0, 0.1) is 10.1 Å². The van der Waals surface area contributed by atoms with Crippen LogP contribution in [0.3, 0.4) is 0 Å². The van der Waals surface area contributed by atoms with Crippen LogP contribution in [0.5, 0.6) is 0 Å². The number of aliphatic hydroxyl groups is 1. The normalized spacial score (nSPS) is 12.1. The third-order valence-electron chi connectivity index (χ3n) is 3.77. The van der Waals surface area contributed by atoms with Gasteiger partial charge in [-0.2, -0.15) is 0 Å². The monoisotopic (exact) mass is 391 g/mol. The van der Waals surface area contributed by atoms with Crippen LogP contribution in [-0.2, 0) is 0 Å². The quantitative estimate of drug-likeness (QED) is 0.385. The van der Waals surface area contributed by atoms with Crippen molar-refractivity contribution in [2.45, 2.75) is 6.92 Å². The summed E-state index contributed by atoms with van der Waals surface area (Å²) in [5.41, 5.74) is -0.327. The molecule has 0 aliphatic heterocycles. The minimum atomic E-state index is -0.666. The van der Waals surface area contributed by atoms with Gasteiger partial charge in [-0.05, 0) is 37.3 Å². The van der Waals surface area contributed by atoms with Crippen molar-refractivity contribution in [2.75, 3.05) is 0 Å². The molecular formula is C17H11Cl2N3O4. The molecule has 0 aliphatic carbocycles. The predicted molar refractivity (Wildman–Crippen MR) is 101 cm³/mol. The number of rotatable bonds is 3. The fraction of sp³-hybridized carbons (Fsp3) is 0.0588. The molecule has 0 saturated heterocycles. The van der Waals surface area contributed by atoms with Gasteiger partial charge in [0.25, 0.3) is 11.2 Å². The fourth-order valence-electron chi connectivity index (χ4n) is 2.47. The summed E-state index contributed by atoms with van der Waals surface area (Å²) in [7, 11) is 0. The molecule has 2 N–H and O–H groups in total. The molecule has 0 radical (unpaired) electrons. The molecule has 3 aromatic rings. The van der Waals surface area contributed by atoms with Crippen LogP contribution in [0.4, 0.5) is 5.69 Å². The van der Waals surface area contributed by atoms with Crippen molar-refractivity contribution < 1.29 is 10.0 Å². The van der Waals surface area contributed by atoms with Crippen LogP contribution in [0.1, 0.15) is 18.2 Å². The van der Waals surface area contributed by atoms with Crippen molar-refractivity contribution in [3.05, 3.63) is 78.2 Å². The molecular weight excluding hydrogens is 381 g/mol. The lowest BCUT2D eigenvalue weighted by molar-refractivity contribution is -0.383. The van der Waals surface area contributed by atoms with Gasteiger partial charge in [0.2, 0.25) is 0 Å². The largest absolute Gasteiger partial charge is 0.507 e. The summed E-state index contributed by atoms with van der Waals surface area (Å²) in [5, 5.41) is 22.2. The molecule has 0 amide bonds. The van der Waals surface area contributed by atoms with E-state index in [1.807, 2.05) is 0 Å². The molecule has 0 aliphatic rings. The van der Waals surface area contributed by atoms with Crippen LogP contribution in [0.15, 0.2) is 41.2 Å². The number of aromatic amines is 1. The van der Waals surface area contributed by atoms with Gasteiger partial charge in [-0.25, -0.2) is 4.98 Å². The lowest BCUT2D eigenvalue weighted by atomic mass is 10.1. The molecule has 3 rings (SSSR count). The number of hydrogen-bond acceptors (Lipinski definition) is 5. The van der Waals surface area contributed by atoms with E-state index in [2.05, 4.69) is 9.97 Å². The zero-order valence-corrected chi connectivity index (χ0v) is 14.8. The molecule has 9 heteroatoms. The Morgan fingerprint density at radius 2 is 1.85 bits per heavy atom. The molecule has 0 spiro atoms. The van der Waals surface area contributed by atoms with Gasteiger partial charge < -0.3 is 10.1 Å². The maximum Gasteiger partial charge on any atom is 0.296 e. The second-order valence-electron chi connectivity index (χ2n) is 5.47. The number of fused-ring (bicyclic) bond motifs is 1. The average Bonchev–Trinajstić information content (AvgIpc) is 2.60. The Labute approximate surface area is 156 Å². The highest BCUT2D eigenvalue weighted by atomic mass is 35.5. The first-order valence-electron chi connectivity index (χ1n) is 7.32. The number of allylic oxidation sites excluding steroid dienone is 1. The number of H-pyrrole nitrogens is 1. The van der Waals surface area contributed by atoms with Crippen molar-refractivity contribution in [1.29, 1.82) is 0 Å². The standard InChI is InChI=1S/C17H11Cl2N3O4/c1-8(16(23)9-2-4-10(18)5-3-9)14-17(24)21-15-12(20-14)6-11(19)7-13(15)22(25)26/h2-7,23H,1H3,(H,21,24)/b16-8-. The maximum absolute atomic E-state index is 12.4. The van der Waals surface area contributed by atoms with Gasteiger partial charge in [0.05, 0.1) is 10.4 Å². The first-order valence-corrected chi connectivity index (χ1v) is 8.07. The number of hydrogen-bond donors (Lipinski definition) is 2. The number of aliphatic hydroxyl groups excluding tert-OH is 1. The Bertz CT molecular complexity index is 1120. The van der Waals surface area contributed by atoms with E-state index in [1.54, 1.807) is 24.3 Å². The van der Waals surface area contributed by atoms with Crippen molar-refractivity contribution in [2.24, 2.45) is 0 Å². The molecule has 132 valence electrons. The summed E-state index contributed by atoms with van der Waals surface area (Å²) >= 11 is 11.7. The minimum absolute atomic E-state index is 0.0352. The summed E-state index contributed by atoms with van der Waals surface area (Å²) in [4.78, 5) is 29.5. The highest BCUT2D eigenvalue weighted by Gasteiger charge is 2.19. The van der Waals surface area contributed by atoms with Crippen LogP contribution < -0.4 is 5.56 Å². The third-order valence-corrected chi connectivity index (χ3v) is 4.24. The Hall–Kier alpha value is -2.90. The van der Waals surface area contributed by atoms with Crippen molar-refractivity contribution >= 4 is 51.3 Å². The molecule has 0 atom stereocenters. The zero-order valence-electron chi connectivity index (χ0n) is 13.3. The Morgan fingerprint density at radius 3 is 2.46 bits per heavy atom. The maximum atomic E-state index is 12.4. The van der Waals surface area contributed by atoms with Gasteiger partial charge in [0.1, 0.15) is 17.0 Å². The van der Waals surface area contributed by atoms with E-state index in [-0.39, 0.29) is 38.8 Å². The molecule has 1 aromatic heterocycles. The molecule has 1 heterocycles. The van der Waals surface area contributed by atoms with Crippen molar-refractivity contribution in [3.8, 4) is 0 Å². The van der Waals surface area contributed by atoms with Gasteiger partial charge in [-0.3, -0.25) is 14.9 Å². The second kappa shape index (κ2) is 6.78. The van der Waals surface area contributed by atoms with E-state index in [0.29, 0.717) is 10.6 Å². The van der Waals surface area contributed by atoms with Gasteiger partial charge in [0, 0.05) is 27.2 Å². The van der Waals surface area contributed by atoms with Gasteiger partial charge in [-0.1, -0.05) is 23.2 Å².